The monoisotopic (exact) mass is 570 g/mol. The van der Waals surface area contributed by atoms with Gasteiger partial charge in [-0.3, -0.25) is 14.9 Å². The molecule has 1 fully saturated rings. The summed E-state index contributed by atoms with van der Waals surface area (Å²) in [7, 11) is 3.50. The first kappa shape index (κ1) is 29.1. The van der Waals surface area contributed by atoms with Gasteiger partial charge in [0.1, 0.15) is 0 Å². The Labute approximate surface area is 236 Å². The van der Waals surface area contributed by atoms with Gasteiger partial charge in [0.25, 0.3) is 0 Å². The molecule has 0 aliphatic carbocycles. The van der Waals surface area contributed by atoms with Crippen LogP contribution in [0.4, 0.5) is 21.9 Å². The van der Waals surface area contributed by atoms with Crippen molar-refractivity contribution in [2.45, 2.75) is 45.5 Å². The van der Waals surface area contributed by atoms with Crippen molar-refractivity contribution in [3.05, 3.63) is 58.2 Å². The number of rotatable bonds is 10. The van der Waals surface area contributed by atoms with Gasteiger partial charge in [-0.1, -0.05) is 35.0 Å². The number of aryl methyl sites for hydroxylation is 1. The Morgan fingerprint density at radius 3 is 2.62 bits per heavy atom. The molecule has 3 N–H and O–H groups in total. The summed E-state index contributed by atoms with van der Waals surface area (Å²) in [5.41, 5.74) is 3.16. The Morgan fingerprint density at radius 2 is 1.93 bits per heavy atom. The number of carbonyl (C=O) groups is 3. The minimum absolute atomic E-state index is 0.123. The van der Waals surface area contributed by atoms with Crippen LogP contribution in [0.1, 0.15) is 47.3 Å². The lowest BCUT2D eigenvalue weighted by molar-refractivity contribution is -0.168. The maximum Gasteiger partial charge on any atom is 0.409 e. The lowest BCUT2D eigenvalue weighted by Crippen LogP contribution is -2.22. The van der Waals surface area contributed by atoms with Crippen molar-refractivity contribution in [2.75, 3.05) is 36.2 Å². The van der Waals surface area contributed by atoms with E-state index in [1.165, 1.54) is 12.1 Å². The molecule has 0 bridgehead atoms. The Balaban J connectivity index is 1.47. The number of carbonyl (C=O) groups excluding carboxylic acids is 2. The van der Waals surface area contributed by atoms with Crippen LogP contribution in [-0.2, 0) is 20.9 Å². The van der Waals surface area contributed by atoms with Crippen LogP contribution in [0.3, 0.4) is 0 Å². The van der Waals surface area contributed by atoms with Crippen molar-refractivity contribution < 1.29 is 33.5 Å². The second-order valence-corrected chi connectivity index (χ2v) is 9.99. The zero-order valence-electron chi connectivity index (χ0n) is 22.5. The summed E-state index contributed by atoms with van der Waals surface area (Å²) in [5, 5.41) is 18.4. The van der Waals surface area contributed by atoms with Crippen molar-refractivity contribution in [2.24, 2.45) is 0 Å². The number of anilines is 3. The van der Waals surface area contributed by atoms with E-state index in [9.17, 15) is 19.5 Å². The van der Waals surface area contributed by atoms with Crippen LogP contribution < -0.4 is 15.5 Å². The first-order chi connectivity index (χ1) is 19.1. The van der Waals surface area contributed by atoms with Crippen molar-refractivity contribution in [1.29, 1.82) is 0 Å². The molecule has 1 saturated heterocycles. The number of halogens is 1. The number of nitrogens with one attached hydrogen (secondary N) is 2. The summed E-state index contributed by atoms with van der Waals surface area (Å²) in [6, 6.07) is 9.65. The van der Waals surface area contributed by atoms with Gasteiger partial charge in [-0.2, -0.15) is 0 Å². The number of hydrogen-bond donors (Lipinski definition) is 3. The molecule has 1 aliphatic rings. The van der Waals surface area contributed by atoms with E-state index >= 15 is 0 Å². The average molecular weight is 571 g/mol. The quantitative estimate of drug-likeness (QED) is 0.206. The molecule has 11 nitrogen and oxygen atoms in total. The molecule has 2 heterocycles. The van der Waals surface area contributed by atoms with E-state index in [-0.39, 0.29) is 24.3 Å². The summed E-state index contributed by atoms with van der Waals surface area (Å²) < 4.78 is 17.1. The van der Waals surface area contributed by atoms with Crippen molar-refractivity contribution in [3.8, 4) is 11.3 Å². The Morgan fingerprint density at radius 1 is 1.15 bits per heavy atom. The number of aromatic nitrogens is 1. The van der Waals surface area contributed by atoms with E-state index in [1.54, 1.807) is 43.3 Å². The van der Waals surface area contributed by atoms with Crippen LogP contribution in [0.2, 0.25) is 5.02 Å². The molecule has 0 saturated carbocycles. The van der Waals surface area contributed by atoms with E-state index < -0.39 is 24.2 Å². The van der Waals surface area contributed by atoms with Gasteiger partial charge in [-0.15, -0.1) is 0 Å². The molecule has 1 aromatic heterocycles. The molecule has 0 radical (unpaired) electrons. The molecular formula is C28H31ClN4O7. The number of benzene rings is 2. The van der Waals surface area contributed by atoms with E-state index in [4.69, 9.17) is 25.6 Å². The molecule has 4 rings (SSSR count). The zero-order valence-corrected chi connectivity index (χ0v) is 23.2. The number of amides is 2. The fraction of sp³-hybridized carbons (Fsp3) is 0.357. The second-order valence-electron chi connectivity index (χ2n) is 9.59. The minimum atomic E-state index is -1.31. The van der Waals surface area contributed by atoms with Gasteiger partial charge >= 0.3 is 6.09 Å². The molecule has 40 heavy (non-hydrogen) atoms. The number of ketones is 1. The zero-order chi connectivity index (χ0) is 28.8. The highest BCUT2D eigenvalue weighted by Crippen LogP contribution is 2.35. The third-order valence-electron chi connectivity index (χ3n) is 6.39. The molecule has 1 unspecified atom stereocenters. The lowest BCUT2D eigenvalue weighted by Gasteiger charge is -2.22. The summed E-state index contributed by atoms with van der Waals surface area (Å²) in [6.45, 7) is 2.74. The number of ether oxygens (including phenoxy) is 2. The fourth-order valence-electron chi connectivity index (χ4n) is 4.31. The third-order valence-corrected chi connectivity index (χ3v) is 6.69. The molecular weight excluding hydrogens is 540 g/mol. The maximum absolute atomic E-state index is 13.0. The first-order valence-corrected chi connectivity index (χ1v) is 13.1. The van der Waals surface area contributed by atoms with E-state index in [1.807, 2.05) is 6.92 Å². The van der Waals surface area contributed by atoms with Gasteiger partial charge in [0.2, 0.25) is 5.91 Å². The first-order valence-electron chi connectivity index (χ1n) is 12.7. The number of Topliss-reactive ketones (excluding diaryl/α,β-unsaturated/α-hetero) is 1. The van der Waals surface area contributed by atoms with Gasteiger partial charge in [0.05, 0.1) is 40.8 Å². The average Bonchev–Trinajstić information content (AvgIpc) is 3.29. The van der Waals surface area contributed by atoms with Crippen LogP contribution in [0, 0.1) is 6.92 Å². The lowest BCUT2D eigenvalue weighted by atomic mass is 10.0. The predicted octanol–water partition coefficient (Wildman–Crippen LogP) is 5.71. The Kier molecular flexibility index (Phi) is 9.41. The molecule has 1 aliphatic heterocycles. The van der Waals surface area contributed by atoms with Gasteiger partial charge in [0, 0.05) is 37.4 Å². The van der Waals surface area contributed by atoms with Crippen LogP contribution in [-0.4, -0.2) is 55.0 Å². The van der Waals surface area contributed by atoms with E-state index in [0.29, 0.717) is 39.9 Å². The minimum Gasteiger partial charge on any atom is -0.465 e. The highest BCUT2D eigenvalue weighted by atomic mass is 35.5. The highest BCUT2D eigenvalue weighted by molar-refractivity contribution is 6.34. The molecule has 0 spiro atoms. The van der Waals surface area contributed by atoms with Gasteiger partial charge in [-0.05, 0) is 44.4 Å². The van der Waals surface area contributed by atoms with Crippen LogP contribution in [0.25, 0.3) is 11.3 Å². The van der Waals surface area contributed by atoms with Crippen LogP contribution >= 0.6 is 11.6 Å². The largest absolute Gasteiger partial charge is 0.465 e. The van der Waals surface area contributed by atoms with Crippen LogP contribution in [0.15, 0.2) is 40.9 Å². The standard InChI is InChI=1S/C28H31ClN4O7/c1-16-19(15-39-26-9-4-5-10-38-26)27(40-32-16)18-8-6-7-17(11-18)24(34)14-25(35)30-21-12-20(29)23(33(2)3)13-22(21)31-28(36)37/h6-8,11-13,26,31H,4-5,9-10,14-15H2,1-3H3,(H,30,35)(H,36,37). The van der Waals surface area contributed by atoms with E-state index in [0.717, 1.165) is 24.8 Å². The van der Waals surface area contributed by atoms with Crippen molar-refractivity contribution in [1.82, 2.24) is 5.16 Å². The number of nitrogens with zero attached hydrogens (tertiary/aromatic N) is 2. The number of carboxylic acid groups (broad SMARTS) is 1. The topological polar surface area (TPSA) is 143 Å². The summed E-state index contributed by atoms with van der Waals surface area (Å²) in [6.07, 6.45) is 0.826. The molecule has 3 aromatic rings. The molecule has 2 aromatic carbocycles. The summed E-state index contributed by atoms with van der Waals surface area (Å²) in [5.74, 6) is -0.588. The second kappa shape index (κ2) is 12.9. The molecule has 212 valence electrons. The Bertz CT molecular complexity index is 1400. The van der Waals surface area contributed by atoms with Gasteiger partial charge < -0.3 is 29.3 Å². The molecule has 1 atom stereocenters. The Hall–Kier alpha value is -3.93. The van der Waals surface area contributed by atoms with Gasteiger partial charge in [-0.25, -0.2) is 4.79 Å². The normalized spacial score (nSPS) is 14.9. The third kappa shape index (κ3) is 7.17. The maximum atomic E-state index is 13.0. The van der Waals surface area contributed by atoms with Crippen molar-refractivity contribution >= 4 is 46.4 Å². The fourth-order valence-corrected chi connectivity index (χ4v) is 4.64. The van der Waals surface area contributed by atoms with Crippen LogP contribution in [0.5, 0.6) is 0 Å². The summed E-state index contributed by atoms with van der Waals surface area (Å²) in [4.78, 5) is 38.8. The highest BCUT2D eigenvalue weighted by Gasteiger charge is 2.21. The number of hydrogen-bond acceptors (Lipinski definition) is 8. The smallest absolute Gasteiger partial charge is 0.409 e. The molecule has 12 heteroatoms. The molecule has 2 amide bonds. The predicted molar refractivity (Wildman–Crippen MR) is 150 cm³/mol. The van der Waals surface area contributed by atoms with Crippen molar-refractivity contribution in [3.63, 3.8) is 0 Å². The SMILES string of the molecule is Cc1noc(-c2cccc(C(=O)CC(=O)Nc3cc(Cl)c(N(C)C)cc3NC(=O)O)c2)c1COC1CCCCO1. The van der Waals surface area contributed by atoms with Gasteiger partial charge in [0.15, 0.2) is 17.8 Å². The van der Waals surface area contributed by atoms with E-state index in [2.05, 4.69) is 15.8 Å². The summed E-state index contributed by atoms with van der Waals surface area (Å²) >= 11 is 6.31.